The molecule has 0 saturated carbocycles. The monoisotopic (exact) mass is 441 g/mol. The second kappa shape index (κ2) is 9.33. The van der Waals surface area contributed by atoms with E-state index >= 15 is 0 Å². The highest BCUT2D eigenvalue weighted by atomic mass is 16.5. The van der Waals surface area contributed by atoms with E-state index in [2.05, 4.69) is 0 Å². The Bertz CT molecular complexity index is 1210. The van der Waals surface area contributed by atoms with E-state index in [1.54, 1.807) is 24.1 Å². The van der Waals surface area contributed by atoms with Crippen LogP contribution in [0.4, 0.5) is 0 Å². The van der Waals surface area contributed by atoms with Crippen LogP contribution in [0.25, 0.3) is 5.76 Å². The maximum Gasteiger partial charge on any atom is 0.295 e. The van der Waals surface area contributed by atoms with Gasteiger partial charge in [0.05, 0.1) is 18.7 Å². The third-order valence-corrected chi connectivity index (χ3v) is 6.10. The molecule has 0 radical (unpaired) electrons. The standard InChI is InChI=1S/C28H27NO4/c1-18-9-10-19(2)23(17-18)26(30)24-25(21-11-13-22(33-3)14-12-21)29(28(32)27(24)31)16-15-20-7-5-4-6-8-20/h4-14,17,25,30H,15-16H2,1-3H3. The SMILES string of the molecule is COc1ccc(C2C(=C(O)c3cc(C)ccc3C)C(=O)C(=O)N2CCc2ccccc2)cc1. The molecule has 168 valence electrons. The van der Waals surface area contributed by atoms with Crippen LogP contribution in [0.5, 0.6) is 5.75 Å². The number of amides is 1. The van der Waals surface area contributed by atoms with Crippen molar-refractivity contribution in [3.63, 3.8) is 0 Å². The summed E-state index contributed by atoms with van der Waals surface area (Å²) < 4.78 is 5.27. The lowest BCUT2D eigenvalue weighted by Gasteiger charge is -2.25. The van der Waals surface area contributed by atoms with Crippen LogP contribution in [0.3, 0.4) is 0 Å². The fourth-order valence-electron chi connectivity index (χ4n) is 4.27. The van der Waals surface area contributed by atoms with Gasteiger partial charge in [-0.25, -0.2) is 0 Å². The van der Waals surface area contributed by atoms with Gasteiger partial charge in [-0.3, -0.25) is 9.59 Å². The lowest BCUT2D eigenvalue weighted by atomic mass is 9.93. The summed E-state index contributed by atoms with van der Waals surface area (Å²) in [5.41, 5.74) is 4.29. The highest BCUT2D eigenvalue weighted by Gasteiger charge is 2.46. The number of likely N-dealkylation sites (tertiary alicyclic amines) is 1. The van der Waals surface area contributed by atoms with Crippen LogP contribution in [0.15, 0.2) is 78.4 Å². The molecule has 4 rings (SSSR count). The topological polar surface area (TPSA) is 66.8 Å². The summed E-state index contributed by atoms with van der Waals surface area (Å²) in [6, 6.07) is 22.1. The Balaban J connectivity index is 1.82. The summed E-state index contributed by atoms with van der Waals surface area (Å²) in [6.45, 7) is 4.16. The predicted octanol–water partition coefficient (Wildman–Crippen LogP) is 4.98. The van der Waals surface area contributed by atoms with Crippen molar-refractivity contribution >= 4 is 17.4 Å². The van der Waals surface area contributed by atoms with Crippen LogP contribution < -0.4 is 4.74 Å². The van der Waals surface area contributed by atoms with E-state index in [1.165, 1.54) is 0 Å². The molecular weight excluding hydrogens is 414 g/mol. The molecule has 0 spiro atoms. The molecule has 5 nitrogen and oxygen atoms in total. The van der Waals surface area contributed by atoms with Crippen molar-refractivity contribution in [2.24, 2.45) is 0 Å². The fraction of sp³-hybridized carbons (Fsp3) is 0.214. The van der Waals surface area contributed by atoms with Crippen molar-refractivity contribution in [3.05, 3.63) is 106 Å². The lowest BCUT2D eigenvalue weighted by molar-refractivity contribution is -0.139. The molecule has 1 heterocycles. The maximum atomic E-state index is 13.2. The molecule has 5 heteroatoms. The van der Waals surface area contributed by atoms with Gasteiger partial charge in [0.1, 0.15) is 11.5 Å². The summed E-state index contributed by atoms with van der Waals surface area (Å²) >= 11 is 0. The zero-order valence-corrected chi connectivity index (χ0v) is 19.0. The summed E-state index contributed by atoms with van der Waals surface area (Å²) in [6.07, 6.45) is 0.601. The van der Waals surface area contributed by atoms with E-state index in [1.807, 2.05) is 74.5 Å². The van der Waals surface area contributed by atoms with E-state index in [4.69, 9.17) is 4.74 Å². The Morgan fingerprint density at radius 2 is 1.67 bits per heavy atom. The lowest BCUT2D eigenvalue weighted by Crippen LogP contribution is -2.31. The van der Waals surface area contributed by atoms with Crippen LogP contribution >= 0.6 is 0 Å². The second-order valence-electron chi connectivity index (χ2n) is 8.32. The molecule has 1 aliphatic rings. The number of carbonyl (C=O) groups is 2. The molecular formula is C28H27NO4. The van der Waals surface area contributed by atoms with Gasteiger partial charge in [0.2, 0.25) is 0 Å². The molecule has 33 heavy (non-hydrogen) atoms. The number of Topliss-reactive ketones (excluding diaryl/α,β-unsaturated/α-hetero) is 1. The van der Waals surface area contributed by atoms with Gasteiger partial charge in [-0.1, -0.05) is 60.2 Å². The van der Waals surface area contributed by atoms with Gasteiger partial charge in [-0.2, -0.15) is 0 Å². The van der Waals surface area contributed by atoms with Crippen LogP contribution in [0.1, 0.15) is 33.9 Å². The minimum Gasteiger partial charge on any atom is -0.507 e. The molecule has 1 fully saturated rings. The van der Waals surface area contributed by atoms with Crippen molar-refractivity contribution in [2.45, 2.75) is 26.3 Å². The third-order valence-electron chi connectivity index (χ3n) is 6.10. The smallest absolute Gasteiger partial charge is 0.295 e. The minimum atomic E-state index is -0.681. The molecule has 1 saturated heterocycles. The first-order valence-corrected chi connectivity index (χ1v) is 10.9. The largest absolute Gasteiger partial charge is 0.507 e. The minimum absolute atomic E-state index is 0.118. The fourth-order valence-corrected chi connectivity index (χ4v) is 4.27. The maximum absolute atomic E-state index is 13.2. The van der Waals surface area contributed by atoms with Gasteiger partial charge in [-0.15, -0.1) is 0 Å². The van der Waals surface area contributed by atoms with E-state index in [9.17, 15) is 14.7 Å². The van der Waals surface area contributed by atoms with Crippen molar-refractivity contribution in [1.29, 1.82) is 0 Å². The molecule has 1 unspecified atom stereocenters. The van der Waals surface area contributed by atoms with Crippen molar-refractivity contribution in [1.82, 2.24) is 4.90 Å². The van der Waals surface area contributed by atoms with Gasteiger partial charge >= 0.3 is 0 Å². The van der Waals surface area contributed by atoms with Gasteiger partial charge in [-0.05, 0) is 55.2 Å². The first kappa shape index (κ1) is 22.3. The predicted molar refractivity (Wildman–Crippen MR) is 128 cm³/mol. The number of aryl methyl sites for hydroxylation is 2. The number of aliphatic hydroxyl groups excluding tert-OH is 1. The van der Waals surface area contributed by atoms with Crippen molar-refractivity contribution < 1.29 is 19.4 Å². The number of aliphatic hydroxyl groups is 1. The first-order chi connectivity index (χ1) is 15.9. The molecule has 0 aromatic heterocycles. The Hall–Kier alpha value is -3.86. The number of nitrogens with zero attached hydrogens (tertiary/aromatic N) is 1. The Morgan fingerprint density at radius 1 is 0.970 bits per heavy atom. The number of ketones is 1. The van der Waals surface area contributed by atoms with Crippen LogP contribution in [0.2, 0.25) is 0 Å². The van der Waals surface area contributed by atoms with Crippen LogP contribution in [-0.2, 0) is 16.0 Å². The molecule has 3 aromatic carbocycles. The van der Waals surface area contributed by atoms with E-state index < -0.39 is 17.7 Å². The molecule has 1 amide bonds. The van der Waals surface area contributed by atoms with Crippen molar-refractivity contribution in [3.8, 4) is 5.75 Å². The summed E-state index contributed by atoms with van der Waals surface area (Å²) in [5, 5.41) is 11.3. The van der Waals surface area contributed by atoms with Gasteiger partial charge < -0.3 is 14.7 Å². The number of hydrogen-bond donors (Lipinski definition) is 1. The van der Waals surface area contributed by atoms with E-state index in [0.717, 1.165) is 22.3 Å². The summed E-state index contributed by atoms with van der Waals surface area (Å²) in [4.78, 5) is 27.9. The zero-order valence-electron chi connectivity index (χ0n) is 19.0. The second-order valence-corrected chi connectivity index (χ2v) is 8.32. The number of ether oxygens (including phenoxy) is 1. The summed E-state index contributed by atoms with van der Waals surface area (Å²) in [7, 11) is 1.58. The van der Waals surface area contributed by atoms with Gasteiger partial charge in [0, 0.05) is 12.1 Å². The van der Waals surface area contributed by atoms with E-state index in [0.29, 0.717) is 24.3 Å². The van der Waals surface area contributed by atoms with Crippen LogP contribution in [-0.4, -0.2) is 35.4 Å². The highest BCUT2D eigenvalue weighted by molar-refractivity contribution is 6.46. The molecule has 1 aliphatic heterocycles. The number of rotatable bonds is 6. The molecule has 1 N–H and O–H groups in total. The zero-order chi connectivity index (χ0) is 23.5. The molecule has 1 atom stereocenters. The average molecular weight is 442 g/mol. The third kappa shape index (κ3) is 4.40. The van der Waals surface area contributed by atoms with Crippen LogP contribution in [0, 0.1) is 13.8 Å². The number of methoxy groups -OCH3 is 1. The Kier molecular flexibility index (Phi) is 6.31. The Morgan fingerprint density at radius 3 is 2.33 bits per heavy atom. The Labute approximate surface area is 193 Å². The van der Waals surface area contributed by atoms with Gasteiger partial charge in [0.15, 0.2) is 0 Å². The van der Waals surface area contributed by atoms with Gasteiger partial charge in [0.25, 0.3) is 11.7 Å². The number of benzene rings is 3. The number of hydrogen-bond acceptors (Lipinski definition) is 4. The number of carbonyl (C=O) groups excluding carboxylic acids is 2. The average Bonchev–Trinajstić information content (AvgIpc) is 3.09. The highest BCUT2D eigenvalue weighted by Crippen LogP contribution is 2.40. The summed E-state index contributed by atoms with van der Waals surface area (Å²) in [5.74, 6) is -0.729. The molecule has 0 aliphatic carbocycles. The molecule has 0 bridgehead atoms. The first-order valence-electron chi connectivity index (χ1n) is 10.9. The van der Waals surface area contributed by atoms with Crippen molar-refractivity contribution in [2.75, 3.05) is 13.7 Å². The quantitative estimate of drug-likeness (QED) is 0.333. The normalized spacial score (nSPS) is 17.4. The molecule has 3 aromatic rings. The van der Waals surface area contributed by atoms with E-state index in [-0.39, 0.29) is 11.3 Å².